The van der Waals surface area contributed by atoms with Gasteiger partial charge in [0.1, 0.15) is 18.1 Å². The van der Waals surface area contributed by atoms with Crippen molar-refractivity contribution in [1.29, 1.82) is 0 Å². The summed E-state index contributed by atoms with van der Waals surface area (Å²) in [5.74, 6) is -1.14. The Balaban J connectivity index is 1.88. The number of carbonyl (C=O) groups excluding carboxylic acids is 1. The van der Waals surface area contributed by atoms with Crippen molar-refractivity contribution in [1.82, 2.24) is 0 Å². The maximum Gasteiger partial charge on any atom is 0.415 e. The first-order valence-corrected chi connectivity index (χ1v) is 7.93. The maximum absolute atomic E-state index is 13.6. The Morgan fingerprint density at radius 1 is 1.14 bits per heavy atom. The molecule has 1 unspecified atom stereocenters. The van der Waals surface area contributed by atoms with Gasteiger partial charge in [-0.15, -0.1) is 4.33 Å². The summed E-state index contributed by atoms with van der Waals surface area (Å²) in [6.07, 6.45) is 6.67. The molecule has 0 aromatic heterocycles. The normalized spacial score (nSPS) is 22.0. The third-order valence-corrected chi connectivity index (χ3v) is 4.42. The molecule has 0 aliphatic heterocycles. The molecule has 21 heavy (non-hydrogen) atoms. The minimum atomic E-state index is -3.82. The first-order valence-electron chi connectivity index (χ1n) is 7.18. The summed E-state index contributed by atoms with van der Waals surface area (Å²) in [6.45, 7) is 0. The van der Waals surface area contributed by atoms with Gasteiger partial charge in [-0.05, 0) is 37.5 Å². The number of hydrogen-bond donors (Lipinski definition) is 0. The molecule has 0 heterocycles. The van der Waals surface area contributed by atoms with Crippen molar-refractivity contribution in [3.8, 4) is 0 Å². The van der Waals surface area contributed by atoms with Crippen LogP contribution in [0.4, 0.5) is 8.78 Å². The number of carbonyl (C=O) groups is 1. The highest BCUT2D eigenvalue weighted by atomic mass is 32.2. The predicted octanol–water partition coefficient (Wildman–Crippen LogP) is 3.64. The van der Waals surface area contributed by atoms with Gasteiger partial charge in [-0.2, -0.15) is 8.78 Å². The summed E-state index contributed by atoms with van der Waals surface area (Å²) in [5, 5.41) is 0.0567. The largest absolute Gasteiger partial charge is 0.457 e. The highest BCUT2D eigenvalue weighted by Gasteiger charge is 2.48. The Kier molecular flexibility index (Phi) is 6.21. The second kappa shape index (κ2) is 7.71. The molecule has 5 nitrogen and oxygen atoms in total. The molecule has 2 aliphatic carbocycles. The molecule has 2 saturated carbocycles. The molecule has 0 bridgehead atoms. The first-order chi connectivity index (χ1) is 10.0. The zero-order valence-corrected chi connectivity index (χ0v) is 12.7. The van der Waals surface area contributed by atoms with Crippen LogP contribution >= 0.6 is 12.0 Å². The van der Waals surface area contributed by atoms with Crippen molar-refractivity contribution in [3.05, 3.63) is 0 Å². The van der Waals surface area contributed by atoms with Crippen molar-refractivity contribution in [2.45, 2.75) is 56.3 Å². The van der Waals surface area contributed by atoms with Gasteiger partial charge in [0.05, 0.1) is 7.11 Å². The Labute approximate surface area is 126 Å². The molecule has 8 heteroatoms. The highest BCUT2D eigenvalue weighted by Crippen LogP contribution is 2.43. The monoisotopic (exact) mass is 326 g/mol. The molecule has 2 fully saturated rings. The topological polar surface area (TPSA) is 54.0 Å². The fourth-order valence-electron chi connectivity index (χ4n) is 2.78. The number of ether oxygens (including phenoxy) is 1. The van der Waals surface area contributed by atoms with Crippen molar-refractivity contribution in [3.63, 3.8) is 0 Å². The van der Waals surface area contributed by atoms with E-state index in [4.69, 9.17) is 4.74 Å². The van der Waals surface area contributed by atoms with E-state index in [1.807, 2.05) is 0 Å². The molecule has 0 radical (unpaired) electrons. The second-order valence-electron chi connectivity index (χ2n) is 5.51. The van der Waals surface area contributed by atoms with Crippen LogP contribution in [-0.4, -0.2) is 24.4 Å². The van der Waals surface area contributed by atoms with Gasteiger partial charge in [0.25, 0.3) is 0 Å². The van der Waals surface area contributed by atoms with Gasteiger partial charge < -0.3 is 4.74 Å². The third-order valence-electron chi connectivity index (χ3n) is 3.92. The first kappa shape index (κ1) is 16.9. The fourth-order valence-corrected chi connectivity index (χ4v) is 3.06. The van der Waals surface area contributed by atoms with Crippen molar-refractivity contribution in [2.75, 3.05) is 7.11 Å². The summed E-state index contributed by atoms with van der Waals surface area (Å²) < 4.78 is 36.3. The van der Waals surface area contributed by atoms with Gasteiger partial charge >= 0.3 is 11.2 Å². The van der Waals surface area contributed by atoms with Crippen LogP contribution in [0.15, 0.2) is 0 Å². The molecule has 0 aromatic rings. The lowest BCUT2D eigenvalue weighted by Gasteiger charge is -2.30. The van der Waals surface area contributed by atoms with Crippen molar-refractivity contribution >= 4 is 18.0 Å². The molecule has 1 atom stereocenters. The van der Waals surface area contributed by atoms with E-state index in [9.17, 15) is 13.6 Å². The van der Waals surface area contributed by atoms with Gasteiger partial charge in [0.2, 0.25) is 0 Å². The van der Waals surface area contributed by atoms with Gasteiger partial charge in [-0.3, -0.25) is 0 Å². The number of hydrogen-bond acceptors (Lipinski definition) is 6. The van der Waals surface area contributed by atoms with Crippen LogP contribution < -0.4 is 0 Å². The molecular formula is C13H20F2O5S. The average Bonchev–Trinajstić information content (AvgIpc) is 3.30. The van der Waals surface area contributed by atoms with Gasteiger partial charge in [-0.25, -0.2) is 9.68 Å². The minimum absolute atomic E-state index is 0.201. The number of halogens is 2. The lowest BCUT2D eigenvalue weighted by atomic mass is 9.83. The smallest absolute Gasteiger partial charge is 0.415 e. The maximum atomic E-state index is 13.6. The molecule has 0 aromatic carbocycles. The number of alkyl halides is 2. The van der Waals surface area contributed by atoms with Gasteiger partial charge in [0, 0.05) is 0 Å². The summed E-state index contributed by atoms with van der Waals surface area (Å²) in [4.78, 5) is 15.7. The van der Waals surface area contributed by atoms with Crippen LogP contribution in [0.5, 0.6) is 0 Å². The van der Waals surface area contributed by atoms with Crippen LogP contribution in [0, 0.1) is 11.8 Å². The summed E-state index contributed by atoms with van der Waals surface area (Å²) in [5.41, 5.74) is 0. The third kappa shape index (κ3) is 5.05. The van der Waals surface area contributed by atoms with Crippen LogP contribution in [-0.2, 0) is 23.8 Å². The van der Waals surface area contributed by atoms with E-state index in [2.05, 4.69) is 14.3 Å². The summed E-state index contributed by atoms with van der Waals surface area (Å²) in [6, 6.07) is 0. The molecule has 2 rings (SSSR count). The Bertz CT molecular complexity index is 345. The number of rotatable bonds is 8. The van der Waals surface area contributed by atoms with E-state index < -0.39 is 29.4 Å². The zero-order chi connectivity index (χ0) is 15.3. The van der Waals surface area contributed by atoms with Crippen LogP contribution in [0.3, 0.4) is 0 Å². The zero-order valence-electron chi connectivity index (χ0n) is 11.9. The average molecular weight is 326 g/mol. The van der Waals surface area contributed by atoms with Crippen LogP contribution in [0.1, 0.15) is 44.9 Å². The standard InChI is InChI=1S/C13H20F2O5S/c1-17-19-20-21-13(14,15)12(16)18-11(10-7-8-10)9-5-3-2-4-6-9/h9-11H,2-8H2,1H3. The minimum Gasteiger partial charge on any atom is -0.457 e. The molecule has 122 valence electrons. The van der Waals surface area contributed by atoms with E-state index >= 15 is 0 Å². The molecule has 0 amide bonds. The van der Waals surface area contributed by atoms with Crippen molar-refractivity contribution < 1.29 is 32.6 Å². The Morgan fingerprint density at radius 3 is 2.33 bits per heavy atom. The van der Waals surface area contributed by atoms with Gasteiger partial charge in [0.15, 0.2) is 0 Å². The highest BCUT2D eigenvalue weighted by molar-refractivity contribution is 7.96. The molecule has 0 spiro atoms. The van der Waals surface area contributed by atoms with Gasteiger partial charge in [-0.1, -0.05) is 24.3 Å². The second-order valence-corrected chi connectivity index (χ2v) is 6.32. The summed E-state index contributed by atoms with van der Waals surface area (Å²) >= 11 is -0.423. The van der Waals surface area contributed by atoms with E-state index in [-0.39, 0.29) is 11.8 Å². The number of esters is 1. The lowest BCUT2D eigenvalue weighted by Crippen LogP contribution is -2.36. The van der Waals surface area contributed by atoms with E-state index in [1.165, 1.54) is 0 Å². The predicted molar refractivity (Wildman–Crippen MR) is 70.9 cm³/mol. The van der Waals surface area contributed by atoms with E-state index in [0.29, 0.717) is 0 Å². The fraction of sp³-hybridized carbons (Fsp3) is 0.923. The molecular weight excluding hydrogens is 306 g/mol. The van der Waals surface area contributed by atoms with E-state index in [1.54, 1.807) is 0 Å². The van der Waals surface area contributed by atoms with E-state index in [0.717, 1.165) is 52.1 Å². The quantitative estimate of drug-likeness (QED) is 0.223. The Hall–Kier alpha value is -0.440. The molecule has 2 aliphatic rings. The lowest BCUT2D eigenvalue weighted by molar-refractivity contribution is -0.448. The van der Waals surface area contributed by atoms with Crippen molar-refractivity contribution in [2.24, 2.45) is 11.8 Å². The Morgan fingerprint density at radius 2 is 1.76 bits per heavy atom. The van der Waals surface area contributed by atoms with Crippen LogP contribution in [0.25, 0.3) is 0 Å². The SMILES string of the molecule is COOOSC(F)(F)C(=O)OC(C1CCCCC1)C1CC1. The molecule has 0 N–H and O–H groups in total. The molecule has 0 saturated heterocycles. The summed E-state index contributed by atoms with van der Waals surface area (Å²) in [7, 11) is 1.10. The van der Waals surface area contributed by atoms with Crippen LogP contribution in [0.2, 0.25) is 0 Å².